The molecule has 0 aromatic heterocycles. The zero-order chi connectivity index (χ0) is 36.7. The van der Waals surface area contributed by atoms with Crippen LogP contribution in [0.1, 0.15) is 0 Å². The Bertz CT molecular complexity index is 3240. The molecule has 0 radical (unpaired) electrons. The lowest BCUT2D eigenvalue weighted by Gasteiger charge is -2.46. The van der Waals surface area contributed by atoms with Crippen LogP contribution in [-0.4, -0.2) is 0 Å². The largest absolute Gasteiger partial charge is 0.456 e. The van der Waals surface area contributed by atoms with Crippen molar-refractivity contribution in [2.75, 3.05) is 9.80 Å². The van der Waals surface area contributed by atoms with E-state index in [2.05, 4.69) is 40.1 Å². The Labute approximate surface area is 319 Å². The summed E-state index contributed by atoms with van der Waals surface area (Å²) in [5, 5.41) is 5.11. The van der Waals surface area contributed by atoms with Crippen LogP contribution in [0.5, 0.6) is 46.0 Å². The second-order valence-corrected chi connectivity index (χ2v) is 19.8. The second kappa shape index (κ2) is 9.74. The average Bonchev–Trinajstić information content (AvgIpc) is 3.21. The molecule has 264 valence electrons. The first-order valence-electron chi connectivity index (χ1n) is 18.4. The van der Waals surface area contributed by atoms with Gasteiger partial charge in [0.2, 0.25) is 0 Å². The predicted octanol–water partition coefficient (Wildman–Crippen LogP) is 10.1. The molecule has 0 aliphatic carbocycles. The van der Waals surface area contributed by atoms with Crippen LogP contribution in [0.3, 0.4) is 0 Å². The Hall–Kier alpha value is -6.72. The van der Waals surface area contributed by atoms with Crippen molar-refractivity contribution in [1.29, 1.82) is 0 Å². The van der Waals surface area contributed by atoms with Crippen LogP contribution in [-0.2, 0) is 9.13 Å². The molecule has 0 fully saturated rings. The molecule has 10 heteroatoms. The molecule has 0 saturated carbocycles. The number of hydrogen-bond acceptors (Lipinski definition) is 8. The Morgan fingerprint density at radius 1 is 0.357 bits per heavy atom. The topological polar surface area (TPSA) is 77.5 Å². The van der Waals surface area contributed by atoms with Gasteiger partial charge in [0.05, 0.1) is 44.0 Å². The van der Waals surface area contributed by atoms with Gasteiger partial charge in [-0.1, -0.05) is 60.7 Å². The number of ether oxygens (including phenoxy) is 4. The lowest BCUT2D eigenvalue weighted by Crippen LogP contribution is -2.43. The van der Waals surface area contributed by atoms with Gasteiger partial charge in [0, 0.05) is 22.1 Å². The summed E-state index contributed by atoms with van der Waals surface area (Å²) in [5.41, 5.74) is 4.75. The summed E-state index contributed by atoms with van der Waals surface area (Å²) in [6, 6.07) is 47.2. The van der Waals surface area contributed by atoms with Gasteiger partial charge in [-0.25, -0.2) is 0 Å². The van der Waals surface area contributed by atoms with E-state index >= 15 is 9.13 Å². The highest BCUT2D eigenvalue weighted by Gasteiger charge is 2.56. The average molecular weight is 763 g/mol. The van der Waals surface area contributed by atoms with E-state index in [-0.39, 0.29) is 0 Å². The third-order valence-corrected chi connectivity index (χ3v) is 18.3. The van der Waals surface area contributed by atoms with Gasteiger partial charge in [-0.3, -0.25) is 0 Å². The molecular formula is C46H24N2O6P2. The molecule has 0 spiro atoms. The molecule has 8 aromatic carbocycles. The zero-order valence-corrected chi connectivity index (χ0v) is 30.9. The lowest BCUT2D eigenvalue weighted by molar-refractivity contribution is 0.459. The smallest absolute Gasteiger partial charge is 0.189 e. The van der Waals surface area contributed by atoms with Crippen LogP contribution >= 0.6 is 14.3 Å². The molecule has 6 aliphatic heterocycles. The number of rotatable bonds is 2. The van der Waals surface area contributed by atoms with Crippen molar-refractivity contribution in [2.24, 2.45) is 0 Å². The van der Waals surface area contributed by atoms with Crippen molar-refractivity contribution in [3.63, 3.8) is 0 Å². The van der Waals surface area contributed by atoms with Crippen molar-refractivity contribution in [3.05, 3.63) is 146 Å². The molecule has 2 atom stereocenters. The zero-order valence-electron chi connectivity index (χ0n) is 29.1. The summed E-state index contributed by atoms with van der Waals surface area (Å²) in [7, 11) is -7.21. The fourth-order valence-electron chi connectivity index (χ4n) is 9.84. The summed E-state index contributed by atoms with van der Waals surface area (Å²) in [6.07, 6.45) is 0. The van der Waals surface area contributed by atoms with E-state index in [0.717, 1.165) is 39.5 Å². The normalized spacial score (nSPS) is 19.9. The van der Waals surface area contributed by atoms with Gasteiger partial charge in [0.1, 0.15) is 56.6 Å². The van der Waals surface area contributed by atoms with E-state index in [4.69, 9.17) is 18.9 Å². The molecule has 0 N–H and O–H groups in total. The number of benzene rings is 8. The van der Waals surface area contributed by atoms with Crippen molar-refractivity contribution >= 4 is 91.0 Å². The van der Waals surface area contributed by atoms with E-state index in [0.29, 0.717) is 83.2 Å². The van der Waals surface area contributed by atoms with Gasteiger partial charge in [0.25, 0.3) is 0 Å². The van der Waals surface area contributed by atoms with E-state index in [1.54, 1.807) is 0 Å². The van der Waals surface area contributed by atoms with Crippen LogP contribution in [0, 0.1) is 0 Å². The maximum Gasteiger partial charge on any atom is 0.189 e. The fraction of sp³-hybridized carbons (Fsp3) is 0. The predicted molar refractivity (Wildman–Crippen MR) is 220 cm³/mol. The van der Waals surface area contributed by atoms with Gasteiger partial charge < -0.3 is 37.9 Å². The molecule has 6 heterocycles. The summed E-state index contributed by atoms with van der Waals surface area (Å²) < 4.78 is 60.0. The van der Waals surface area contributed by atoms with Gasteiger partial charge in [-0.15, -0.1) is 0 Å². The van der Waals surface area contributed by atoms with Crippen molar-refractivity contribution in [2.45, 2.75) is 0 Å². The molecule has 8 nitrogen and oxygen atoms in total. The van der Waals surface area contributed by atoms with Gasteiger partial charge in [-0.2, -0.15) is 0 Å². The molecular weight excluding hydrogens is 738 g/mol. The Balaban J connectivity index is 1.20. The van der Waals surface area contributed by atoms with Crippen LogP contribution in [0.2, 0.25) is 0 Å². The quantitative estimate of drug-likeness (QED) is 0.161. The minimum absolute atomic E-state index is 0.463. The maximum absolute atomic E-state index is 16.6. The molecule has 56 heavy (non-hydrogen) atoms. The standard InChI is InChI=1S/C46H24N2O6P2/c49-55-41-29-15-7-17-32(41)51-35-20-10-22-37(45(35)55)54-40-28-24-38-46-39(27(28)23-31(43(40)55)47(29)25-11-3-1-4-12-25)48(26-13-5-2-6-14-26)30-16-8-18-33-42(30)56(46,50)44-34(52-33)19-9-21-36(44)53-38/h1-24H. The van der Waals surface area contributed by atoms with Gasteiger partial charge >= 0.3 is 0 Å². The van der Waals surface area contributed by atoms with E-state index in [1.807, 2.05) is 115 Å². The molecule has 0 amide bonds. The summed E-state index contributed by atoms with van der Waals surface area (Å²) in [6.45, 7) is 0. The molecule has 6 aliphatic rings. The second-order valence-electron chi connectivity index (χ2n) is 14.7. The Morgan fingerprint density at radius 2 is 0.821 bits per heavy atom. The van der Waals surface area contributed by atoms with Crippen LogP contribution in [0.15, 0.2) is 146 Å². The maximum atomic E-state index is 16.6. The van der Waals surface area contributed by atoms with Crippen LogP contribution < -0.4 is 60.6 Å². The molecule has 14 rings (SSSR count). The Kier molecular flexibility index (Phi) is 5.15. The highest BCUT2D eigenvalue weighted by molar-refractivity contribution is 7.87. The monoisotopic (exact) mass is 762 g/mol. The first kappa shape index (κ1) is 29.6. The number of anilines is 6. The lowest BCUT2D eigenvalue weighted by atomic mass is 10.0. The number of hydrogen-bond donors (Lipinski definition) is 0. The highest BCUT2D eigenvalue weighted by Crippen LogP contribution is 2.69. The van der Waals surface area contributed by atoms with Crippen LogP contribution in [0.25, 0.3) is 10.8 Å². The van der Waals surface area contributed by atoms with Gasteiger partial charge in [0.15, 0.2) is 14.3 Å². The third-order valence-electron chi connectivity index (χ3n) is 11.9. The SMILES string of the molecule is O=P12c3c4cccc3Oc3c1c(cc1c5c6c(cc31)Oc1cccc3c1P6(=O)c1c(cccc1N5c1ccccc1)O3)N(c1ccccc1)c1cccc(c12)O4. The molecule has 8 aromatic rings. The summed E-state index contributed by atoms with van der Waals surface area (Å²) >= 11 is 0. The number of para-hydroxylation sites is 2. The summed E-state index contributed by atoms with van der Waals surface area (Å²) in [5.74, 6) is 4.09. The molecule has 0 saturated heterocycles. The van der Waals surface area contributed by atoms with Crippen molar-refractivity contribution < 1.29 is 28.1 Å². The van der Waals surface area contributed by atoms with E-state index in [1.165, 1.54) is 0 Å². The van der Waals surface area contributed by atoms with E-state index < -0.39 is 14.3 Å². The fourth-order valence-corrected chi connectivity index (χ4v) is 16.6. The molecule has 0 bridgehead atoms. The minimum Gasteiger partial charge on any atom is -0.456 e. The third kappa shape index (κ3) is 3.22. The number of nitrogens with zero attached hydrogens (tertiary/aromatic N) is 2. The first-order valence-corrected chi connectivity index (χ1v) is 21.8. The summed E-state index contributed by atoms with van der Waals surface area (Å²) in [4.78, 5) is 4.33. The Morgan fingerprint density at radius 3 is 1.41 bits per heavy atom. The molecule has 2 unspecified atom stereocenters. The van der Waals surface area contributed by atoms with E-state index in [9.17, 15) is 0 Å². The number of fused-ring (bicyclic) bond motifs is 3. The highest BCUT2D eigenvalue weighted by atomic mass is 31.2. The van der Waals surface area contributed by atoms with Crippen molar-refractivity contribution in [1.82, 2.24) is 0 Å². The first-order chi connectivity index (χ1) is 27.5. The van der Waals surface area contributed by atoms with Crippen molar-refractivity contribution in [3.8, 4) is 46.0 Å². The van der Waals surface area contributed by atoms with Gasteiger partial charge in [-0.05, 0) is 84.9 Å². The van der Waals surface area contributed by atoms with Crippen LogP contribution in [0.4, 0.5) is 34.1 Å². The minimum atomic E-state index is -3.61.